The predicted octanol–water partition coefficient (Wildman–Crippen LogP) is 2.63. The summed E-state index contributed by atoms with van der Waals surface area (Å²) in [6.07, 6.45) is -4.31. The van der Waals surface area contributed by atoms with Crippen molar-refractivity contribution in [3.05, 3.63) is 35.7 Å². The van der Waals surface area contributed by atoms with Crippen LogP contribution >= 0.6 is 11.8 Å². The first-order chi connectivity index (χ1) is 11.3. The van der Waals surface area contributed by atoms with Crippen LogP contribution in [0.2, 0.25) is 0 Å². The molecular formula is C14H12F3N5OS. The number of halogens is 3. The molecule has 0 aliphatic carbocycles. The van der Waals surface area contributed by atoms with Gasteiger partial charge >= 0.3 is 6.18 Å². The summed E-state index contributed by atoms with van der Waals surface area (Å²) in [5.74, 6) is -1.60. The molecule has 1 amide bonds. The summed E-state index contributed by atoms with van der Waals surface area (Å²) in [4.78, 5) is 11.8. The largest absolute Gasteiger partial charge is 0.451 e. The fourth-order valence-corrected chi connectivity index (χ4v) is 2.52. The SMILES string of the molecule is Cn1c(SCC(=O)Nc2ccc(CC#N)cc2)nnc1C(F)(F)F. The van der Waals surface area contributed by atoms with E-state index in [2.05, 4.69) is 15.5 Å². The van der Waals surface area contributed by atoms with Crippen LogP contribution < -0.4 is 5.32 Å². The standard InChI is InChI=1S/C14H12F3N5OS/c1-22-12(14(15,16)17)20-21-13(22)24-8-11(23)19-10-4-2-9(3-5-10)6-7-18/h2-5H,6,8H2,1H3,(H,19,23). The van der Waals surface area contributed by atoms with E-state index < -0.39 is 12.0 Å². The molecule has 0 atom stereocenters. The van der Waals surface area contributed by atoms with E-state index in [1.165, 1.54) is 7.05 Å². The van der Waals surface area contributed by atoms with Crippen molar-refractivity contribution in [2.75, 3.05) is 11.1 Å². The van der Waals surface area contributed by atoms with Gasteiger partial charge in [0.25, 0.3) is 0 Å². The molecular weight excluding hydrogens is 343 g/mol. The number of benzene rings is 1. The van der Waals surface area contributed by atoms with E-state index >= 15 is 0 Å². The molecule has 2 aromatic rings. The van der Waals surface area contributed by atoms with Crippen LogP contribution in [-0.2, 0) is 24.4 Å². The minimum atomic E-state index is -4.59. The first kappa shape index (κ1) is 17.8. The number of rotatable bonds is 5. The van der Waals surface area contributed by atoms with E-state index in [9.17, 15) is 18.0 Å². The molecule has 0 fully saturated rings. The predicted molar refractivity (Wildman–Crippen MR) is 81.1 cm³/mol. The van der Waals surface area contributed by atoms with Crippen LogP contribution in [0.15, 0.2) is 29.4 Å². The maximum Gasteiger partial charge on any atom is 0.451 e. The number of carbonyl (C=O) groups is 1. The van der Waals surface area contributed by atoms with Crippen molar-refractivity contribution < 1.29 is 18.0 Å². The Balaban J connectivity index is 1.92. The van der Waals surface area contributed by atoms with Crippen molar-refractivity contribution in [3.8, 4) is 6.07 Å². The molecule has 24 heavy (non-hydrogen) atoms. The van der Waals surface area contributed by atoms with Crippen molar-refractivity contribution in [1.29, 1.82) is 5.26 Å². The lowest BCUT2D eigenvalue weighted by atomic mass is 10.1. The van der Waals surface area contributed by atoms with Crippen LogP contribution in [0.4, 0.5) is 18.9 Å². The maximum atomic E-state index is 12.6. The zero-order chi connectivity index (χ0) is 17.7. The van der Waals surface area contributed by atoms with Crippen LogP contribution in [0.3, 0.4) is 0 Å². The minimum Gasteiger partial charge on any atom is -0.325 e. The lowest BCUT2D eigenvalue weighted by molar-refractivity contribution is -0.147. The Labute approximate surface area is 139 Å². The van der Waals surface area contributed by atoms with Crippen LogP contribution in [0.5, 0.6) is 0 Å². The zero-order valence-corrected chi connectivity index (χ0v) is 13.3. The minimum absolute atomic E-state index is 0.00171. The molecule has 1 N–H and O–H groups in total. The summed E-state index contributed by atoms with van der Waals surface area (Å²) >= 11 is 0.857. The van der Waals surface area contributed by atoms with Crippen LogP contribution in [0.25, 0.3) is 0 Å². The molecule has 2 rings (SSSR count). The number of alkyl halides is 3. The highest BCUT2D eigenvalue weighted by atomic mass is 32.2. The molecule has 0 aliphatic heterocycles. The summed E-state index contributed by atoms with van der Waals surface area (Å²) in [5.41, 5.74) is 1.36. The van der Waals surface area contributed by atoms with E-state index in [4.69, 9.17) is 5.26 Å². The van der Waals surface area contributed by atoms with Crippen molar-refractivity contribution in [3.63, 3.8) is 0 Å². The monoisotopic (exact) mass is 355 g/mol. The lowest BCUT2D eigenvalue weighted by Gasteiger charge is -2.07. The Bertz CT molecular complexity index is 764. The zero-order valence-electron chi connectivity index (χ0n) is 12.5. The van der Waals surface area contributed by atoms with Gasteiger partial charge in [0.15, 0.2) is 5.16 Å². The highest BCUT2D eigenvalue weighted by Gasteiger charge is 2.37. The first-order valence-corrected chi connectivity index (χ1v) is 7.65. The van der Waals surface area contributed by atoms with Gasteiger partial charge in [0.2, 0.25) is 11.7 Å². The topological polar surface area (TPSA) is 83.6 Å². The average Bonchev–Trinajstić information content (AvgIpc) is 2.88. The van der Waals surface area contributed by atoms with Crippen molar-refractivity contribution >= 4 is 23.4 Å². The Kier molecular flexibility index (Phi) is 5.46. The Morgan fingerprint density at radius 1 is 1.33 bits per heavy atom. The van der Waals surface area contributed by atoms with E-state index in [0.29, 0.717) is 5.69 Å². The summed E-state index contributed by atoms with van der Waals surface area (Å²) in [7, 11) is 1.19. The number of thioether (sulfide) groups is 1. The maximum absolute atomic E-state index is 12.6. The van der Waals surface area contributed by atoms with E-state index in [-0.39, 0.29) is 23.2 Å². The second kappa shape index (κ2) is 7.35. The molecule has 0 aliphatic rings. The number of amides is 1. The number of carbonyl (C=O) groups excluding carboxylic acids is 1. The smallest absolute Gasteiger partial charge is 0.325 e. The van der Waals surface area contributed by atoms with Gasteiger partial charge in [-0.2, -0.15) is 18.4 Å². The molecule has 1 aromatic carbocycles. The van der Waals surface area contributed by atoms with E-state index in [1.54, 1.807) is 24.3 Å². The van der Waals surface area contributed by atoms with E-state index in [1.807, 2.05) is 6.07 Å². The average molecular weight is 355 g/mol. The molecule has 0 unspecified atom stereocenters. The molecule has 0 bridgehead atoms. The lowest BCUT2D eigenvalue weighted by Crippen LogP contribution is -2.15. The van der Waals surface area contributed by atoms with Gasteiger partial charge in [-0.25, -0.2) is 0 Å². The molecule has 1 heterocycles. The Morgan fingerprint density at radius 2 is 2.00 bits per heavy atom. The van der Waals surface area contributed by atoms with E-state index in [0.717, 1.165) is 21.9 Å². The fourth-order valence-electron chi connectivity index (χ4n) is 1.81. The van der Waals surface area contributed by atoms with Crippen molar-refractivity contribution in [1.82, 2.24) is 14.8 Å². The summed E-state index contributed by atoms with van der Waals surface area (Å²) in [5, 5.41) is 17.7. The Hall–Kier alpha value is -2.54. The number of hydrogen-bond acceptors (Lipinski definition) is 5. The van der Waals surface area contributed by atoms with Gasteiger partial charge in [-0.15, -0.1) is 10.2 Å². The fraction of sp³-hybridized carbons (Fsp3) is 0.286. The number of nitrogens with zero attached hydrogens (tertiary/aromatic N) is 4. The first-order valence-electron chi connectivity index (χ1n) is 6.66. The van der Waals surface area contributed by atoms with Gasteiger partial charge in [0.1, 0.15) is 0 Å². The normalized spacial score (nSPS) is 11.1. The van der Waals surface area contributed by atoms with Gasteiger partial charge in [-0.3, -0.25) is 4.79 Å². The number of anilines is 1. The van der Waals surface area contributed by atoms with Gasteiger partial charge < -0.3 is 9.88 Å². The number of hydrogen-bond donors (Lipinski definition) is 1. The molecule has 0 saturated heterocycles. The van der Waals surface area contributed by atoms with Crippen molar-refractivity contribution in [2.45, 2.75) is 17.8 Å². The van der Waals surface area contributed by atoms with Crippen LogP contribution in [0.1, 0.15) is 11.4 Å². The van der Waals surface area contributed by atoms with Gasteiger partial charge in [-0.1, -0.05) is 23.9 Å². The van der Waals surface area contributed by atoms with Gasteiger partial charge in [-0.05, 0) is 17.7 Å². The van der Waals surface area contributed by atoms with Crippen molar-refractivity contribution in [2.24, 2.45) is 7.05 Å². The highest BCUT2D eigenvalue weighted by molar-refractivity contribution is 7.99. The summed E-state index contributed by atoms with van der Waals surface area (Å²) < 4.78 is 38.6. The third-order valence-corrected chi connectivity index (χ3v) is 3.96. The summed E-state index contributed by atoms with van der Waals surface area (Å²) in [6, 6.07) is 8.74. The Morgan fingerprint density at radius 3 is 2.54 bits per heavy atom. The molecule has 6 nitrogen and oxygen atoms in total. The molecule has 1 aromatic heterocycles. The molecule has 0 spiro atoms. The number of aromatic nitrogens is 3. The molecule has 126 valence electrons. The molecule has 0 saturated carbocycles. The highest BCUT2D eigenvalue weighted by Crippen LogP contribution is 2.29. The van der Waals surface area contributed by atoms with Crippen LogP contribution in [0, 0.1) is 11.3 Å². The third-order valence-electron chi connectivity index (χ3n) is 2.94. The second-order valence-electron chi connectivity index (χ2n) is 4.73. The quantitative estimate of drug-likeness (QED) is 0.834. The molecule has 0 radical (unpaired) electrons. The van der Waals surface area contributed by atoms with Crippen LogP contribution in [-0.4, -0.2) is 26.4 Å². The van der Waals surface area contributed by atoms with Gasteiger partial charge in [0, 0.05) is 12.7 Å². The molecule has 10 heteroatoms. The summed E-state index contributed by atoms with van der Waals surface area (Å²) in [6.45, 7) is 0. The second-order valence-corrected chi connectivity index (χ2v) is 5.67. The number of nitriles is 1. The third kappa shape index (κ3) is 4.48. The van der Waals surface area contributed by atoms with Gasteiger partial charge in [0.05, 0.1) is 18.2 Å². The number of nitrogens with one attached hydrogen (secondary N) is 1.